The molecule has 0 saturated heterocycles. The molecular weight excluding hydrogens is 265 g/mol. The Bertz CT molecular complexity index is 369. The second-order valence-electron chi connectivity index (χ2n) is 4.14. The van der Waals surface area contributed by atoms with Gasteiger partial charge in [0.05, 0.1) is 11.4 Å². The van der Waals surface area contributed by atoms with Crippen molar-refractivity contribution in [3.05, 3.63) is 29.0 Å². The summed E-state index contributed by atoms with van der Waals surface area (Å²) in [5.74, 6) is 0. The highest BCUT2D eigenvalue weighted by Gasteiger charge is 2.31. The Balaban J connectivity index is 2.69. The molecule has 1 atom stereocenters. The Hall–Kier alpha value is -0.810. The molecule has 0 bridgehead atoms. The number of nitrogens with zero attached hydrogens (tertiary/aromatic N) is 1. The van der Waals surface area contributed by atoms with Gasteiger partial charge in [-0.25, -0.2) is 0 Å². The summed E-state index contributed by atoms with van der Waals surface area (Å²) in [5.41, 5.74) is 0.685. The normalized spacial score (nSPS) is 13.6. The molecular formula is C12H16ClF3N2. The molecule has 1 heterocycles. The molecule has 0 aliphatic rings. The van der Waals surface area contributed by atoms with Gasteiger partial charge in [0.25, 0.3) is 0 Å². The van der Waals surface area contributed by atoms with Gasteiger partial charge in [-0.1, -0.05) is 18.5 Å². The molecule has 0 aliphatic heterocycles. The van der Waals surface area contributed by atoms with Gasteiger partial charge in [-0.15, -0.1) is 0 Å². The van der Waals surface area contributed by atoms with Crippen LogP contribution >= 0.6 is 11.6 Å². The second kappa shape index (κ2) is 6.95. The lowest BCUT2D eigenvalue weighted by Crippen LogP contribution is -2.36. The minimum Gasteiger partial charge on any atom is -0.313 e. The Labute approximate surface area is 110 Å². The number of pyridine rings is 1. The van der Waals surface area contributed by atoms with E-state index in [1.807, 2.05) is 6.92 Å². The van der Waals surface area contributed by atoms with Crippen molar-refractivity contribution in [2.45, 2.75) is 38.4 Å². The lowest BCUT2D eigenvalue weighted by molar-refractivity contribution is -0.139. The summed E-state index contributed by atoms with van der Waals surface area (Å²) in [6, 6.07) is 1.00. The fourth-order valence-electron chi connectivity index (χ4n) is 1.68. The number of rotatable bonds is 6. The molecule has 1 aromatic heterocycles. The van der Waals surface area contributed by atoms with Crippen LogP contribution in [-0.2, 0) is 6.42 Å². The zero-order valence-corrected chi connectivity index (χ0v) is 10.9. The van der Waals surface area contributed by atoms with Gasteiger partial charge in [-0.2, -0.15) is 13.2 Å². The van der Waals surface area contributed by atoms with E-state index in [-0.39, 0.29) is 6.42 Å². The van der Waals surface area contributed by atoms with Crippen molar-refractivity contribution in [1.29, 1.82) is 0 Å². The molecule has 1 aromatic rings. The van der Waals surface area contributed by atoms with Crippen molar-refractivity contribution in [2.75, 3.05) is 6.54 Å². The number of alkyl halides is 3. The molecule has 0 spiro atoms. The standard InChI is InChI=1S/C12H16ClF3N2/c1-2-4-18-10(7-12(14,15)16)6-9-3-5-17-8-11(9)13/h3,5,8,10,18H,2,4,6-7H2,1H3. The van der Waals surface area contributed by atoms with E-state index in [9.17, 15) is 13.2 Å². The zero-order chi connectivity index (χ0) is 13.6. The first-order chi connectivity index (χ1) is 8.42. The predicted molar refractivity (Wildman–Crippen MR) is 65.7 cm³/mol. The third-order valence-electron chi connectivity index (χ3n) is 2.48. The van der Waals surface area contributed by atoms with Gasteiger partial charge in [-0.05, 0) is 31.0 Å². The molecule has 6 heteroatoms. The number of halogens is 4. The average Bonchev–Trinajstić information content (AvgIpc) is 2.27. The lowest BCUT2D eigenvalue weighted by atomic mass is 10.0. The van der Waals surface area contributed by atoms with Crippen molar-refractivity contribution in [3.8, 4) is 0 Å². The fourth-order valence-corrected chi connectivity index (χ4v) is 1.88. The van der Waals surface area contributed by atoms with Crippen LogP contribution in [0.15, 0.2) is 18.5 Å². The number of hydrogen-bond donors (Lipinski definition) is 1. The molecule has 0 aliphatic carbocycles. The molecule has 102 valence electrons. The van der Waals surface area contributed by atoms with Gasteiger partial charge in [-0.3, -0.25) is 4.98 Å². The maximum Gasteiger partial charge on any atom is 0.390 e. The third-order valence-corrected chi connectivity index (χ3v) is 2.82. The van der Waals surface area contributed by atoms with E-state index < -0.39 is 18.6 Å². The van der Waals surface area contributed by atoms with E-state index in [0.29, 0.717) is 17.1 Å². The average molecular weight is 281 g/mol. The molecule has 0 radical (unpaired) electrons. The Morgan fingerprint density at radius 1 is 1.44 bits per heavy atom. The first-order valence-corrected chi connectivity index (χ1v) is 6.18. The van der Waals surface area contributed by atoms with E-state index in [1.165, 1.54) is 12.4 Å². The molecule has 0 fully saturated rings. The van der Waals surface area contributed by atoms with Crippen LogP contribution in [0.5, 0.6) is 0 Å². The van der Waals surface area contributed by atoms with E-state index >= 15 is 0 Å². The van der Waals surface area contributed by atoms with Gasteiger partial charge in [0.1, 0.15) is 0 Å². The van der Waals surface area contributed by atoms with E-state index in [1.54, 1.807) is 6.07 Å². The van der Waals surface area contributed by atoms with E-state index in [2.05, 4.69) is 10.3 Å². The first-order valence-electron chi connectivity index (χ1n) is 5.81. The van der Waals surface area contributed by atoms with E-state index in [4.69, 9.17) is 11.6 Å². The lowest BCUT2D eigenvalue weighted by Gasteiger charge is -2.20. The van der Waals surface area contributed by atoms with Crippen molar-refractivity contribution >= 4 is 11.6 Å². The summed E-state index contributed by atoms with van der Waals surface area (Å²) in [5, 5.41) is 3.31. The molecule has 18 heavy (non-hydrogen) atoms. The van der Waals surface area contributed by atoms with Crippen LogP contribution in [0.3, 0.4) is 0 Å². The van der Waals surface area contributed by atoms with Crippen molar-refractivity contribution in [2.24, 2.45) is 0 Å². The maximum absolute atomic E-state index is 12.5. The monoisotopic (exact) mass is 280 g/mol. The number of hydrogen-bond acceptors (Lipinski definition) is 2. The highest BCUT2D eigenvalue weighted by molar-refractivity contribution is 6.31. The molecule has 1 rings (SSSR count). The minimum atomic E-state index is -4.18. The molecule has 0 saturated carbocycles. The van der Waals surface area contributed by atoms with Crippen LogP contribution in [0, 0.1) is 0 Å². The summed E-state index contributed by atoms with van der Waals surface area (Å²) >= 11 is 5.90. The quantitative estimate of drug-likeness (QED) is 0.861. The Kier molecular flexibility index (Phi) is 5.88. The number of aromatic nitrogens is 1. The summed E-state index contributed by atoms with van der Waals surface area (Å²) in [6.07, 6.45) is -1.01. The van der Waals surface area contributed by atoms with Crippen molar-refractivity contribution < 1.29 is 13.2 Å². The van der Waals surface area contributed by atoms with Crippen LogP contribution < -0.4 is 5.32 Å². The zero-order valence-electron chi connectivity index (χ0n) is 10.1. The van der Waals surface area contributed by atoms with Gasteiger partial charge in [0, 0.05) is 18.4 Å². The van der Waals surface area contributed by atoms with Crippen molar-refractivity contribution in [1.82, 2.24) is 10.3 Å². The van der Waals surface area contributed by atoms with Crippen LogP contribution in [-0.4, -0.2) is 23.7 Å². The fraction of sp³-hybridized carbons (Fsp3) is 0.583. The topological polar surface area (TPSA) is 24.9 Å². The van der Waals surface area contributed by atoms with Crippen LogP contribution in [0.1, 0.15) is 25.3 Å². The van der Waals surface area contributed by atoms with Crippen LogP contribution in [0.25, 0.3) is 0 Å². The SMILES string of the molecule is CCCNC(Cc1ccncc1Cl)CC(F)(F)F. The van der Waals surface area contributed by atoms with Gasteiger partial charge >= 0.3 is 6.18 Å². The van der Waals surface area contributed by atoms with Gasteiger partial charge < -0.3 is 5.32 Å². The molecule has 1 unspecified atom stereocenters. The largest absolute Gasteiger partial charge is 0.390 e. The van der Waals surface area contributed by atoms with Crippen LogP contribution in [0.4, 0.5) is 13.2 Å². The maximum atomic E-state index is 12.5. The molecule has 2 nitrogen and oxygen atoms in total. The summed E-state index contributed by atoms with van der Waals surface area (Å²) < 4.78 is 37.4. The predicted octanol–water partition coefficient (Wildman–Crippen LogP) is 3.60. The minimum absolute atomic E-state index is 0.251. The third kappa shape index (κ3) is 5.69. The highest BCUT2D eigenvalue weighted by atomic mass is 35.5. The molecule has 1 N–H and O–H groups in total. The van der Waals surface area contributed by atoms with Gasteiger partial charge in [0.15, 0.2) is 0 Å². The summed E-state index contributed by atoms with van der Waals surface area (Å²) in [6.45, 7) is 2.47. The molecule has 0 aromatic carbocycles. The summed E-state index contributed by atoms with van der Waals surface area (Å²) in [7, 11) is 0. The molecule has 0 amide bonds. The van der Waals surface area contributed by atoms with Gasteiger partial charge in [0.2, 0.25) is 0 Å². The first kappa shape index (κ1) is 15.2. The van der Waals surface area contributed by atoms with E-state index in [0.717, 1.165) is 6.42 Å². The second-order valence-corrected chi connectivity index (χ2v) is 4.55. The van der Waals surface area contributed by atoms with Crippen LogP contribution in [0.2, 0.25) is 5.02 Å². The van der Waals surface area contributed by atoms with Crippen molar-refractivity contribution in [3.63, 3.8) is 0 Å². The Morgan fingerprint density at radius 3 is 2.72 bits per heavy atom. The Morgan fingerprint density at radius 2 is 2.17 bits per heavy atom. The smallest absolute Gasteiger partial charge is 0.313 e. The summed E-state index contributed by atoms with van der Waals surface area (Å²) in [4.78, 5) is 3.81. The highest BCUT2D eigenvalue weighted by Crippen LogP contribution is 2.24. The number of nitrogens with one attached hydrogen (secondary N) is 1.